The van der Waals surface area contributed by atoms with E-state index in [2.05, 4.69) is 21.0 Å². The van der Waals surface area contributed by atoms with Gasteiger partial charge in [0.25, 0.3) is 0 Å². The molecule has 2 aromatic rings. The number of ether oxygens (including phenoxy) is 2. The first-order valence-electron chi connectivity index (χ1n) is 6.67. The molecule has 0 radical (unpaired) electrons. The van der Waals surface area contributed by atoms with Crippen LogP contribution in [0, 0.1) is 0 Å². The molecule has 0 amide bonds. The Kier molecular flexibility index (Phi) is 5.78. The van der Waals surface area contributed by atoms with Gasteiger partial charge in [-0.2, -0.15) is 5.10 Å². The normalized spacial score (nSPS) is 12.4. The van der Waals surface area contributed by atoms with E-state index >= 15 is 0 Å². The van der Waals surface area contributed by atoms with E-state index in [0.717, 1.165) is 21.5 Å². The largest absolute Gasteiger partial charge is 0.497 e. The molecule has 1 atom stereocenters. The van der Waals surface area contributed by atoms with Crippen molar-refractivity contribution in [3.8, 4) is 5.75 Å². The number of aromatic nitrogens is 2. The van der Waals surface area contributed by atoms with Gasteiger partial charge in [-0.1, -0.05) is 12.1 Å². The zero-order valence-electron chi connectivity index (χ0n) is 12.1. The summed E-state index contributed by atoms with van der Waals surface area (Å²) in [5.74, 6) is 0.784. The van der Waals surface area contributed by atoms with Crippen LogP contribution in [0.2, 0.25) is 0 Å². The topological polar surface area (TPSA) is 56.5 Å². The van der Waals surface area contributed by atoms with Crippen molar-refractivity contribution in [1.29, 1.82) is 0 Å². The van der Waals surface area contributed by atoms with E-state index < -0.39 is 6.10 Å². The maximum absolute atomic E-state index is 10.5. The van der Waals surface area contributed by atoms with Gasteiger partial charge in [0, 0.05) is 13.5 Å². The van der Waals surface area contributed by atoms with Gasteiger partial charge in [0.05, 0.1) is 36.6 Å². The Morgan fingerprint density at radius 2 is 2.19 bits per heavy atom. The van der Waals surface area contributed by atoms with Gasteiger partial charge in [-0.25, -0.2) is 0 Å². The van der Waals surface area contributed by atoms with Crippen molar-refractivity contribution in [2.75, 3.05) is 20.8 Å². The minimum absolute atomic E-state index is 0.495. The molecular weight excluding hydrogens is 336 g/mol. The summed E-state index contributed by atoms with van der Waals surface area (Å²) < 4.78 is 12.8. The van der Waals surface area contributed by atoms with E-state index in [9.17, 15) is 5.11 Å². The second kappa shape index (κ2) is 7.59. The van der Waals surface area contributed by atoms with Gasteiger partial charge in [0.1, 0.15) is 11.9 Å². The summed E-state index contributed by atoms with van der Waals surface area (Å²) in [5.41, 5.74) is 1.77. The molecular formula is C15H19BrN2O3. The van der Waals surface area contributed by atoms with Crippen molar-refractivity contribution in [2.24, 2.45) is 0 Å². The summed E-state index contributed by atoms with van der Waals surface area (Å²) in [6.45, 7) is 1.15. The first-order valence-corrected chi connectivity index (χ1v) is 7.46. The van der Waals surface area contributed by atoms with E-state index in [4.69, 9.17) is 9.47 Å². The Morgan fingerprint density at radius 1 is 1.38 bits per heavy atom. The molecule has 5 nitrogen and oxygen atoms in total. The maximum atomic E-state index is 10.5. The van der Waals surface area contributed by atoms with Crippen LogP contribution in [0.4, 0.5) is 0 Å². The molecule has 2 rings (SSSR count). The summed E-state index contributed by atoms with van der Waals surface area (Å²) in [4.78, 5) is 0. The van der Waals surface area contributed by atoms with E-state index in [1.54, 1.807) is 25.1 Å². The highest BCUT2D eigenvalue weighted by Gasteiger charge is 2.18. The molecule has 6 heteroatoms. The third-order valence-electron chi connectivity index (χ3n) is 3.22. The maximum Gasteiger partial charge on any atom is 0.119 e. The number of aliphatic hydroxyl groups excluding tert-OH is 1. The second-order valence-corrected chi connectivity index (χ2v) is 5.52. The fourth-order valence-corrected chi connectivity index (χ4v) is 2.74. The molecule has 0 aliphatic carbocycles. The molecule has 21 heavy (non-hydrogen) atoms. The van der Waals surface area contributed by atoms with Gasteiger partial charge in [-0.15, -0.1) is 0 Å². The zero-order valence-corrected chi connectivity index (χ0v) is 13.7. The average molecular weight is 355 g/mol. The van der Waals surface area contributed by atoms with Crippen molar-refractivity contribution in [3.63, 3.8) is 0 Å². The third kappa shape index (κ3) is 4.06. The summed E-state index contributed by atoms with van der Waals surface area (Å²) >= 11 is 3.44. The van der Waals surface area contributed by atoms with Crippen LogP contribution in [-0.4, -0.2) is 35.7 Å². The van der Waals surface area contributed by atoms with E-state index in [0.29, 0.717) is 19.6 Å². The molecule has 1 unspecified atom stereocenters. The fraction of sp³-hybridized carbons (Fsp3) is 0.400. The number of aliphatic hydroxyl groups is 1. The van der Waals surface area contributed by atoms with Crippen LogP contribution in [0.1, 0.15) is 17.4 Å². The lowest BCUT2D eigenvalue weighted by atomic mass is 10.1. The molecule has 0 aliphatic rings. The molecule has 0 bridgehead atoms. The van der Waals surface area contributed by atoms with Crippen molar-refractivity contribution >= 4 is 15.9 Å². The minimum Gasteiger partial charge on any atom is -0.497 e. The van der Waals surface area contributed by atoms with Gasteiger partial charge < -0.3 is 14.6 Å². The first-order chi connectivity index (χ1) is 10.2. The van der Waals surface area contributed by atoms with Gasteiger partial charge in [-0.3, -0.25) is 4.68 Å². The molecule has 0 saturated heterocycles. The molecule has 114 valence electrons. The molecule has 1 heterocycles. The van der Waals surface area contributed by atoms with Crippen LogP contribution < -0.4 is 4.74 Å². The monoisotopic (exact) mass is 354 g/mol. The third-order valence-corrected chi connectivity index (χ3v) is 3.83. The van der Waals surface area contributed by atoms with Crippen LogP contribution in [0.15, 0.2) is 34.9 Å². The lowest BCUT2D eigenvalue weighted by molar-refractivity contribution is 0.152. The summed E-state index contributed by atoms with van der Waals surface area (Å²) in [7, 11) is 3.27. The Bertz CT molecular complexity index is 586. The molecule has 0 fully saturated rings. The van der Waals surface area contributed by atoms with Gasteiger partial charge >= 0.3 is 0 Å². The highest BCUT2D eigenvalue weighted by atomic mass is 79.9. The van der Waals surface area contributed by atoms with E-state index in [-0.39, 0.29) is 0 Å². The van der Waals surface area contributed by atoms with Gasteiger partial charge in [0.15, 0.2) is 0 Å². The highest BCUT2D eigenvalue weighted by Crippen LogP contribution is 2.27. The molecule has 1 aromatic carbocycles. The van der Waals surface area contributed by atoms with Crippen LogP contribution in [-0.2, 0) is 17.7 Å². The second-order valence-electron chi connectivity index (χ2n) is 4.67. The quantitative estimate of drug-likeness (QED) is 0.830. The van der Waals surface area contributed by atoms with Crippen LogP contribution in [0.3, 0.4) is 0 Å². The van der Waals surface area contributed by atoms with Crippen LogP contribution >= 0.6 is 15.9 Å². The average Bonchev–Trinajstić information content (AvgIpc) is 2.86. The fourth-order valence-electron chi connectivity index (χ4n) is 2.18. The standard InChI is InChI=1S/C15H19BrN2O3/c1-20-7-6-18-15(13(16)10-17-18)14(19)9-11-4-3-5-12(8-11)21-2/h3-5,8,10,14,19H,6-7,9H2,1-2H3. The van der Waals surface area contributed by atoms with Gasteiger partial charge in [-0.05, 0) is 33.6 Å². The van der Waals surface area contributed by atoms with Gasteiger partial charge in [0.2, 0.25) is 0 Å². The van der Waals surface area contributed by atoms with E-state index in [1.807, 2.05) is 24.3 Å². The molecule has 0 spiro atoms. The number of methoxy groups -OCH3 is 2. The number of hydrogen-bond acceptors (Lipinski definition) is 4. The number of hydrogen-bond donors (Lipinski definition) is 1. The smallest absolute Gasteiger partial charge is 0.119 e. The summed E-state index contributed by atoms with van der Waals surface area (Å²) in [5, 5.41) is 14.8. The Morgan fingerprint density at radius 3 is 2.90 bits per heavy atom. The van der Waals surface area contributed by atoms with E-state index in [1.165, 1.54) is 0 Å². The number of benzene rings is 1. The number of halogens is 1. The molecule has 1 aromatic heterocycles. The zero-order chi connectivity index (χ0) is 15.2. The van der Waals surface area contributed by atoms with Crippen molar-refractivity contribution in [1.82, 2.24) is 9.78 Å². The molecule has 0 aliphatic heterocycles. The minimum atomic E-state index is -0.647. The Labute approximate surface area is 132 Å². The Balaban J connectivity index is 2.15. The predicted molar refractivity (Wildman–Crippen MR) is 83.5 cm³/mol. The molecule has 0 saturated carbocycles. The van der Waals surface area contributed by atoms with Crippen molar-refractivity contribution in [3.05, 3.63) is 46.2 Å². The SMILES string of the molecule is COCCn1ncc(Br)c1C(O)Cc1cccc(OC)c1. The number of nitrogens with zero attached hydrogens (tertiary/aromatic N) is 2. The van der Waals surface area contributed by atoms with Crippen LogP contribution in [0.25, 0.3) is 0 Å². The van der Waals surface area contributed by atoms with Crippen LogP contribution in [0.5, 0.6) is 5.75 Å². The first kappa shape index (κ1) is 16.0. The lowest BCUT2D eigenvalue weighted by Gasteiger charge is -2.14. The highest BCUT2D eigenvalue weighted by molar-refractivity contribution is 9.10. The van der Waals surface area contributed by atoms with Crippen molar-refractivity contribution in [2.45, 2.75) is 19.1 Å². The molecule has 1 N–H and O–H groups in total. The Hall–Kier alpha value is -1.37. The predicted octanol–water partition coefficient (Wildman–Crippen LogP) is 2.58. The summed E-state index contributed by atoms with van der Waals surface area (Å²) in [6.07, 6.45) is 1.54. The summed E-state index contributed by atoms with van der Waals surface area (Å²) in [6, 6.07) is 7.69. The van der Waals surface area contributed by atoms with Crippen molar-refractivity contribution < 1.29 is 14.6 Å². The number of rotatable bonds is 7. The lowest BCUT2D eigenvalue weighted by Crippen LogP contribution is -2.14.